The third-order valence-electron chi connectivity index (χ3n) is 5.19. The number of hydrogen-bond donors (Lipinski definition) is 0. The largest absolute Gasteiger partial charge is 0.326 e. The number of nitrogens with zero attached hydrogens (tertiary/aromatic N) is 5. The van der Waals surface area contributed by atoms with Crippen molar-refractivity contribution in [1.82, 2.24) is 15.0 Å². The fourth-order valence-corrected chi connectivity index (χ4v) is 4.71. The monoisotopic (exact) mass is 343 g/mol. The van der Waals surface area contributed by atoms with Gasteiger partial charge in [0, 0.05) is 37.1 Å². The van der Waals surface area contributed by atoms with Crippen molar-refractivity contribution in [1.29, 1.82) is 0 Å². The Kier molecular flexibility index (Phi) is 4.18. The SMILES string of the molecule is CN(C(=O)[C@@H]1C[C@@H]2CCCC[C@@H]2N1c1ncccn1)c1nccs1. The van der Waals surface area contributed by atoms with Gasteiger partial charge >= 0.3 is 0 Å². The Bertz CT molecular complexity index is 692. The van der Waals surface area contributed by atoms with Crippen molar-refractivity contribution in [2.75, 3.05) is 16.8 Å². The first kappa shape index (κ1) is 15.5. The molecule has 0 radical (unpaired) electrons. The van der Waals surface area contributed by atoms with Crippen LogP contribution >= 0.6 is 11.3 Å². The molecule has 3 atom stereocenters. The molecule has 2 aromatic heterocycles. The predicted octanol–water partition coefficient (Wildman–Crippen LogP) is 2.73. The second kappa shape index (κ2) is 6.47. The summed E-state index contributed by atoms with van der Waals surface area (Å²) in [5.74, 6) is 1.32. The molecule has 24 heavy (non-hydrogen) atoms. The van der Waals surface area contributed by atoms with Gasteiger partial charge in [0.25, 0.3) is 5.91 Å². The Hall–Kier alpha value is -2.02. The van der Waals surface area contributed by atoms with Gasteiger partial charge in [0.2, 0.25) is 5.95 Å². The maximum absolute atomic E-state index is 13.2. The van der Waals surface area contributed by atoms with Gasteiger partial charge < -0.3 is 4.90 Å². The number of hydrogen-bond acceptors (Lipinski definition) is 6. The highest BCUT2D eigenvalue weighted by atomic mass is 32.1. The van der Waals surface area contributed by atoms with Crippen LogP contribution in [0, 0.1) is 5.92 Å². The Labute approximate surface area is 145 Å². The lowest BCUT2D eigenvalue weighted by molar-refractivity contribution is -0.119. The molecule has 1 aliphatic heterocycles. The summed E-state index contributed by atoms with van der Waals surface area (Å²) >= 11 is 1.48. The molecule has 2 aliphatic rings. The summed E-state index contributed by atoms with van der Waals surface area (Å²) in [7, 11) is 1.81. The van der Waals surface area contributed by atoms with E-state index in [0.717, 1.165) is 18.0 Å². The summed E-state index contributed by atoms with van der Waals surface area (Å²) in [6, 6.07) is 1.99. The van der Waals surface area contributed by atoms with Gasteiger partial charge in [-0.15, -0.1) is 11.3 Å². The lowest BCUT2D eigenvalue weighted by atomic mass is 9.85. The third kappa shape index (κ3) is 2.66. The molecule has 0 aromatic carbocycles. The van der Waals surface area contributed by atoms with Crippen LogP contribution in [-0.4, -0.2) is 40.0 Å². The number of rotatable bonds is 3. The molecule has 1 amide bonds. The first-order valence-corrected chi connectivity index (χ1v) is 9.36. The van der Waals surface area contributed by atoms with Crippen molar-refractivity contribution in [3.05, 3.63) is 30.0 Å². The normalized spacial score (nSPS) is 26.2. The number of anilines is 2. The Morgan fingerprint density at radius 2 is 2.00 bits per heavy atom. The minimum Gasteiger partial charge on any atom is -0.326 e. The number of fused-ring (bicyclic) bond motifs is 1. The number of thiazole rings is 1. The lowest BCUT2D eigenvalue weighted by Crippen LogP contribution is -2.48. The highest BCUT2D eigenvalue weighted by Gasteiger charge is 2.47. The smallest absolute Gasteiger partial charge is 0.251 e. The molecule has 0 unspecified atom stereocenters. The van der Waals surface area contributed by atoms with Crippen LogP contribution < -0.4 is 9.80 Å². The summed E-state index contributed by atoms with van der Waals surface area (Å²) in [5.41, 5.74) is 0. The van der Waals surface area contributed by atoms with Gasteiger partial charge in [-0.1, -0.05) is 12.8 Å². The molecular weight excluding hydrogens is 322 g/mol. The van der Waals surface area contributed by atoms with Crippen LogP contribution in [0.2, 0.25) is 0 Å². The molecule has 3 heterocycles. The van der Waals surface area contributed by atoms with Crippen molar-refractivity contribution < 1.29 is 4.79 Å². The maximum atomic E-state index is 13.2. The number of carbonyl (C=O) groups is 1. The molecular formula is C17H21N5OS. The summed E-state index contributed by atoms with van der Waals surface area (Å²) in [5, 5.41) is 2.63. The highest BCUT2D eigenvalue weighted by Crippen LogP contribution is 2.41. The number of amides is 1. The van der Waals surface area contributed by atoms with E-state index in [4.69, 9.17) is 0 Å². The van der Waals surface area contributed by atoms with Gasteiger partial charge in [-0.2, -0.15) is 0 Å². The zero-order valence-corrected chi connectivity index (χ0v) is 14.5. The first-order chi connectivity index (χ1) is 11.8. The van der Waals surface area contributed by atoms with E-state index in [1.807, 2.05) is 18.5 Å². The predicted molar refractivity (Wildman–Crippen MR) is 94.2 cm³/mol. The third-order valence-corrected chi connectivity index (χ3v) is 6.04. The van der Waals surface area contributed by atoms with E-state index in [2.05, 4.69) is 19.9 Å². The maximum Gasteiger partial charge on any atom is 0.251 e. The van der Waals surface area contributed by atoms with Crippen molar-refractivity contribution in [2.45, 2.75) is 44.2 Å². The van der Waals surface area contributed by atoms with Gasteiger partial charge in [-0.05, 0) is 31.2 Å². The van der Waals surface area contributed by atoms with Crippen LogP contribution in [0.4, 0.5) is 11.1 Å². The van der Waals surface area contributed by atoms with E-state index in [-0.39, 0.29) is 11.9 Å². The molecule has 1 saturated carbocycles. The van der Waals surface area contributed by atoms with Gasteiger partial charge in [-0.25, -0.2) is 15.0 Å². The van der Waals surface area contributed by atoms with Crippen LogP contribution in [0.1, 0.15) is 32.1 Å². The lowest BCUT2D eigenvalue weighted by Gasteiger charge is -2.34. The highest BCUT2D eigenvalue weighted by molar-refractivity contribution is 7.13. The zero-order valence-electron chi connectivity index (χ0n) is 13.7. The minimum absolute atomic E-state index is 0.0896. The molecule has 1 aliphatic carbocycles. The molecule has 4 rings (SSSR count). The number of likely N-dealkylation sites (N-methyl/N-ethyl adjacent to an activating group) is 1. The fraction of sp³-hybridized carbons (Fsp3) is 0.529. The van der Waals surface area contributed by atoms with E-state index in [1.54, 1.807) is 23.5 Å². The Balaban J connectivity index is 1.65. The molecule has 0 N–H and O–H groups in total. The quantitative estimate of drug-likeness (QED) is 0.857. The summed E-state index contributed by atoms with van der Waals surface area (Å²) < 4.78 is 0. The van der Waals surface area contributed by atoms with E-state index < -0.39 is 0 Å². The van der Waals surface area contributed by atoms with Crippen LogP contribution in [0.25, 0.3) is 0 Å². The van der Waals surface area contributed by atoms with Crippen LogP contribution in [0.3, 0.4) is 0 Å². The number of aromatic nitrogens is 3. The van der Waals surface area contributed by atoms with Crippen molar-refractivity contribution in [2.24, 2.45) is 5.92 Å². The van der Waals surface area contributed by atoms with Gasteiger partial charge in [0.15, 0.2) is 5.13 Å². The number of carbonyl (C=O) groups excluding carboxylic acids is 1. The van der Waals surface area contributed by atoms with Gasteiger partial charge in [0.1, 0.15) is 6.04 Å². The van der Waals surface area contributed by atoms with Crippen LogP contribution in [-0.2, 0) is 4.79 Å². The molecule has 7 heteroatoms. The van der Waals surface area contributed by atoms with E-state index in [0.29, 0.717) is 17.9 Å². The Morgan fingerprint density at radius 1 is 1.21 bits per heavy atom. The standard InChI is InChI=1S/C17H21N5OS/c1-21(17-20-9-10-24-17)15(23)14-11-12-5-2-3-6-13(12)22(14)16-18-7-4-8-19-16/h4,7-10,12-14H,2-3,5-6,11H2,1H3/t12-,13-,14-/m0/s1. The fourth-order valence-electron chi connectivity index (χ4n) is 4.09. The summed E-state index contributed by atoms with van der Waals surface area (Å²) in [6.45, 7) is 0. The van der Waals surface area contributed by atoms with Gasteiger partial charge in [0.05, 0.1) is 0 Å². The Morgan fingerprint density at radius 3 is 2.75 bits per heavy atom. The molecule has 2 aromatic rings. The van der Waals surface area contributed by atoms with E-state index in [1.165, 1.54) is 30.6 Å². The topological polar surface area (TPSA) is 62.2 Å². The van der Waals surface area contributed by atoms with E-state index >= 15 is 0 Å². The van der Waals surface area contributed by atoms with Crippen molar-refractivity contribution in [3.63, 3.8) is 0 Å². The van der Waals surface area contributed by atoms with Gasteiger partial charge in [-0.3, -0.25) is 9.69 Å². The first-order valence-electron chi connectivity index (χ1n) is 8.48. The molecule has 0 spiro atoms. The van der Waals surface area contributed by atoms with Crippen LogP contribution in [0.5, 0.6) is 0 Å². The summed E-state index contributed by atoms with van der Waals surface area (Å²) in [4.78, 5) is 30.2. The molecule has 0 bridgehead atoms. The second-order valence-corrected chi connectivity index (χ2v) is 7.40. The molecule has 1 saturated heterocycles. The minimum atomic E-state index is -0.200. The summed E-state index contributed by atoms with van der Waals surface area (Å²) in [6.07, 6.45) is 10.9. The molecule has 6 nitrogen and oxygen atoms in total. The molecule has 126 valence electrons. The van der Waals surface area contributed by atoms with E-state index in [9.17, 15) is 4.79 Å². The van der Waals surface area contributed by atoms with Crippen molar-refractivity contribution in [3.8, 4) is 0 Å². The average molecular weight is 343 g/mol. The average Bonchev–Trinajstić information content (AvgIpc) is 3.29. The molecule has 2 fully saturated rings. The zero-order chi connectivity index (χ0) is 16.5. The van der Waals surface area contributed by atoms with Crippen molar-refractivity contribution >= 4 is 28.3 Å². The van der Waals surface area contributed by atoms with Crippen LogP contribution in [0.15, 0.2) is 30.0 Å². The second-order valence-electron chi connectivity index (χ2n) is 6.53.